The van der Waals surface area contributed by atoms with Crippen LogP contribution in [0.5, 0.6) is 0 Å². The van der Waals surface area contributed by atoms with Crippen molar-refractivity contribution < 1.29 is 9.53 Å². The molecule has 0 amide bonds. The molecule has 2 aliphatic rings. The number of esters is 1. The van der Waals surface area contributed by atoms with Crippen LogP contribution in [-0.2, 0) is 9.53 Å². The molecule has 4 nitrogen and oxygen atoms in total. The summed E-state index contributed by atoms with van der Waals surface area (Å²) in [6, 6.07) is 0. The first kappa shape index (κ1) is 16.8. The number of nitrogens with zero attached hydrogens (tertiary/aromatic N) is 1. The summed E-state index contributed by atoms with van der Waals surface area (Å²) >= 11 is 0. The lowest BCUT2D eigenvalue weighted by molar-refractivity contribution is -0.151. The third kappa shape index (κ3) is 3.98. The third-order valence-electron chi connectivity index (χ3n) is 5.26. The fraction of sp³-hybridized carbons (Fsp3) is 0.941. The van der Waals surface area contributed by atoms with Crippen molar-refractivity contribution in [3.05, 3.63) is 0 Å². The Labute approximate surface area is 129 Å². The summed E-state index contributed by atoms with van der Waals surface area (Å²) in [5, 5.41) is 0. The van der Waals surface area contributed by atoms with Crippen LogP contribution in [0.15, 0.2) is 0 Å². The maximum absolute atomic E-state index is 12.3. The van der Waals surface area contributed by atoms with Gasteiger partial charge in [0.1, 0.15) is 5.54 Å². The van der Waals surface area contributed by atoms with E-state index in [0.29, 0.717) is 24.5 Å². The Balaban J connectivity index is 1.92. The van der Waals surface area contributed by atoms with E-state index in [1.54, 1.807) is 0 Å². The second-order valence-corrected chi connectivity index (χ2v) is 7.95. The average molecular weight is 296 g/mol. The molecule has 0 bridgehead atoms. The van der Waals surface area contributed by atoms with Crippen LogP contribution in [0.1, 0.15) is 53.4 Å². The number of hydrogen-bond acceptors (Lipinski definition) is 4. The van der Waals surface area contributed by atoms with Crippen molar-refractivity contribution in [2.24, 2.45) is 23.0 Å². The Kier molecular flexibility index (Phi) is 4.99. The summed E-state index contributed by atoms with van der Waals surface area (Å²) in [4.78, 5) is 14.6. The molecule has 2 fully saturated rings. The normalized spacial score (nSPS) is 24.6. The minimum atomic E-state index is -0.787. The molecule has 2 N–H and O–H groups in total. The summed E-state index contributed by atoms with van der Waals surface area (Å²) in [5.41, 5.74) is 6.06. The van der Waals surface area contributed by atoms with Gasteiger partial charge in [0.15, 0.2) is 0 Å². The van der Waals surface area contributed by atoms with E-state index in [2.05, 4.69) is 25.7 Å². The predicted molar refractivity (Wildman–Crippen MR) is 84.9 cm³/mol. The molecule has 0 aromatic carbocycles. The van der Waals surface area contributed by atoms with E-state index in [0.717, 1.165) is 31.8 Å². The van der Waals surface area contributed by atoms with Crippen LogP contribution < -0.4 is 5.73 Å². The fourth-order valence-corrected chi connectivity index (χ4v) is 3.55. The number of hydrogen-bond donors (Lipinski definition) is 1. The van der Waals surface area contributed by atoms with Crippen molar-refractivity contribution in [2.45, 2.75) is 58.9 Å². The molecule has 1 saturated heterocycles. The standard InChI is InChI=1S/C17H32N2O2/c1-5-21-15(20)17(18,14-6-7-14)12-19-10-8-13(9-11-19)16(2,3)4/h13-14H,5-12,18H2,1-4H3. The van der Waals surface area contributed by atoms with Gasteiger partial charge in [-0.1, -0.05) is 20.8 Å². The van der Waals surface area contributed by atoms with E-state index in [9.17, 15) is 4.79 Å². The van der Waals surface area contributed by atoms with Crippen LogP contribution in [0, 0.1) is 17.3 Å². The highest BCUT2D eigenvalue weighted by atomic mass is 16.5. The predicted octanol–water partition coefficient (Wildman–Crippen LogP) is 2.42. The fourth-order valence-electron chi connectivity index (χ4n) is 3.55. The Morgan fingerprint density at radius 1 is 1.14 bits per heavy atom. The van der Waals surface area contributed by atoms with Gasteiger partial charge in [-0.3, -0.25) is 0 Å². The van der Waals surface area contributed by atoms with Gasteiger partial charge in [-0.2, -0.15) is 0 Å². The van der Waals surface area contributed by atoms with E-state index >= 15 is 0 Å². The molecule has 122 valence electrons. The molecule has 1 heterocycles. The number of piperidine rings is 1. The van der Waals surface area contributed by atoms with Crippen LogP contribution >= 0.6 is 0 Å². The second-order valence-electron chi connectivity index (χ2n) is 7.95. The van der Waals surface area contributed by atoms with Gasteiger partial charge in [-0.15, -0.1) is 0 Å². The SMILES string of the molecule is CCOC(=O)C(N)(CN1CCC(C(C)(C)C)CC1)C1CC1. The number of carbonyl (C=O) groups excluding carboxylic acids is 1. The zero-order chi connectivity index (χ0) is 15.7. The summed E-state index contributed by atoms with van der Waals surface area (Å²) in [6.45, 7) is 12.0. The van der Waals surface area contributed by atoms with Crippen LogP contribution in [-0.4, -0.2) is 42.6 Å². The highest BCUT2D eigenvalue weighted by Gasteiger charge is 2.50. The molecular weight excluding hydrogens is 264 g/mol. The Hall–Kier alpha value is -0.610. The maximum atomic E-state index is 12.3. The van der Waals surface area contributed by atoms with Gasteiger partial charge in [-0.25, -0.2) is 4.79 Å². The molecular formula is C17H32N2O2. The lowest BCUT2D eigenvalue weighted by Crippen LogP contribution is -2.59. The summed E-state index contributed by atoms with van der Waals surface area (Å²) in [6.07, 6.45) is 4.53. The topological polar surface area (TPSA) is 55.6 Å². The van der Waals surface area contributed by atoms with Crippen LogP contribution in [0.4, 0.5) is 0 Å². The monoisotopic (exact) mass is 296 g/mol. The highest BCUT2D eigenvalue weighted by Crippen LogP contribution is 2.40. The van der Waals surface area contributed by atoms with Gasteiger partial charge in [0.25, 0.3) is 0 Å². The zero-order valence-electron chi connectivity index (χ0n) is 14.2. The molecule has 1 aliphatic heterocycles. The number of likely N-dealkylation sites (tertiary alicyclic amines) is 1. The van der Waals surface area contributed by atoms with Crippen molar-refractivity contribution in [2.75, 3.05) is 26.2 Å². The van der Waals surface area contributed by atoms with Gasteiger partial charge in [0.2, 0.25) is 0 Å². The first-order valence-electron chi connectivity index (χ1n) is 8.46. The maximum Gasteiger partial charge on any atom is 0.327 e. The first-order chi connectivity index (χ1) is 9.77. The molecule has 1 atom stereocenters. The number of rotatable bonds is 5. The van der Waals surface area contributed by atoms with Gasteiger partial charge in [0.05, 0.1) is 6.61 Å². The second kappa shape index (κ2) is 6.25. The molecule has 21 heavy (non-hydrogen) atoms. The number of carbonyl (C=O) groups is 1. The summed E-state index contributed by atoms with van der Waals surface area (Å²) < 4.78 is 5.23. The van der Waals surface area contributed by atoms with E-state index < -0.39 is 5.54 Å². The lowest BCUT2D eigenvalue weighted by atomic mass is 9.75. The van der Waals surface area contributed by atoms with E-state index in [4.69, 9.17) is 10.5 Å². The molecule has 1 saturated carbocycles. The molecule has 0 aromatic rings. The van der Waals surface area contributed by atoms with Gasteiger partial charge < -0.3 is 15.4 Å². The van der Waals surface area contributed by atoms with Crippen molar-refractivity contribution in [1.82, 2.24) is 4.90 Å². The minimum absolute atomic E-state index is 0.203. The summed E-state index contributed by atoms with van der Waals surface area (Å²) in [5.74, 6) is 0.881. The van der Waals surface area contributed by atoms with Gasteiger partial charge in [-0.05, 0) is 62.9 Å². The molecule has 2 rings (SSSR count). The van der Waals surface area contributed by atoms with Crippen molar-refractivity contribution in [3.8, 4) is 0 Å². The van der Waals surface area contributed by atoms with Gasteiger partial charge in [0, 0.05) is 6.54 Å². The van der Waals surface area contributed by atoms with Crippen LogP contribution in [0.2, 0.25) is 0 Å². The molecule has 1 unspecified atom stereocenters. The summed E-state index contributed by atoms with van der Waals surface area (Å²) in [7, 11) is 0. The molecule has 1 aliphatic carbocycles. The van der Waals surface area contributed by atoms with Crippen molar-refractivity contribution in [3.63, 3.8) is 0 Å². The average Bonchev–Trinajstić information content (AvgIpc) is 3.23. The van der Waals surface area contributed by atoms with Crippen molar-refractivity contribution in [1.29, 1.82) is 0 Å². The molecule has 0 spiro atoms. The van der Waals surface area contributed by atoms with Crippen LogP contribution in [0.25, 0.3) is 0 Å². The Bertz CT molecular complexity index is 365. The third-order valence-corrected chi connectivity index (χ3v) is 5.26. The lowest BCUT2D eigenvalue weighted by Gasteiger charge is -2.41. The van der Waals surface area contributed by atoms with Crippen molar-refractivity contribution >= 4 is 5.97 Å². The van der Waals surface area contributed by atoms with Crippen LogP contribution in [0.3, 0.4) is 0 Å². The number of nitrogens with two attached hydrogens (primary N) is 1. The number of ether oxygens (including phenoxy) is 1. The molecule has 0 radical (unpaired) electrons. The zero-order valence-corrected chi connectivity index (χ0v) is 14.2. The van der Waals surface area contributed by atoms with E-state index in [1.807, 2.05) is 6.92 Å². The van der Waals surface area contributed by atoms with E-state index in [-0.39, 0.29) is 5.97 Å². The highest BCUT2D eigenvalue weighted by molar-refractivity contribution is 5.82. The minimum Gasteiger partial charge on any atom is -0.465 e. The van der Waals surface area contributed by atoms with E-state index in [1.165, 1.54) is 12.8 Å². The van der Waals surface area contributed by atoms with Gasteiger partial charge >= 0.3 is 5.97 Å². The largest absolute Gasteiger partial charge is 0.465 e. The smallest absolute Gasteiger partial charge is 0.327 e. The Morgan fingerprint density at radius 2 is 1.71 bits per heavy atom. The molecule has 0 aromatic heterocycles. The first-order valence-corrected chi connectivity index (χ1v) is 8.46. The quantitative estimate of drug-likeness (QED) is 0.792. The molecule has 4 heteroatoms. The Morgan fingerprint density at radius 3 is 2.14 bits per heavy atom.